The molecule has 1 saturated carbocycles. The summed E-state index contributed by atoms with van der Waals surface area (Å²) in [5.74, 6) is 0.263. The minimum atomic E-state index is -3.34. The number of nitrogens with one attached hydrogen (secondary N) is 1. The molecule has 0 aromatic carbocycles. The Bertz CT molecular complexity index is 383. The zero-order valence-electron chi connectivity index (χ0n) is 11.8. The van der Waals surface area contributed by atoms with Gasteiger partial charge in [-0.3, -0.25) is 0 Å². The highest BCUT2D eigenvalue weighted by atomic mass is 32.2. The Labute approximate surface area is 116 Å². The van der Waals surface area contributed by atoms with E-state index in [1.807, 2.05) is 0 Å². The van der Waals surface area contributed by atoms with Gasteiger partial charge < -0.3 is 5.11 Å². The molecule has 19 heavy (non-hydrogen) atoms. The molecule has 0 aromatic heterocycles. The van der Waals surface area contributed by atoms with E-state index in [0.717, 1.165) is 25.7 Å². The Balaban J connectivity index is 1.85. The quantitative estimate of drug-likeness (QED) is 0.797. The van der Waals surface area contributed by atoms with Gasteiger partial charge in [0.2, 0.25) is 0 Å². The second kappa shape index (κ2) is 6.08. The first-order valence-electron chi connectivity index (χ1n) is 7.31. The van der Waals surface area contributed by atoms with Gasteiger partial charge >= 0.3 is 0 Å². The summed E-state index contributed by atoms with van der Waals surface area (Å²) in [7, 11) is -3.34. The lowest BCUT2D eigenvalue weighted by molar-refractivity contribution is 0.169. The maximum absolute atomic E-state index is 12.2. The molecule has 0 unspecified atom stereocenters. The van der Waals surface area contributed by atoms with Crippen molar-refractivity contribution in [3.05, 3.63) is 0 Å². The molecule has 0 atom stereocenters. The van der Waals surface area contributed by atoms with Gasteiger partial charge in [-0.2, -0.15) is 12.7 Å². The van der Waals surface area contributed by atoms with Gasteiger partial charge in [-0.05, 0) is 37.0 Å². The lowest BCUT2D eigenvalue weighted by Gasteiger charge is -2.32. The van der Waals surface area contributed by atoms with Crippen LogP contribution in [0.3, 0.4) is 0 Å². The number of hydrogen-bond donors (Lipinski definition) is 2. The van der Waals surface area contributed by atoms with Crippen LogP contribution in [-0.4, -0.2) is 44.1 Å². The summed E-state index contributed by atoms with van der Waals surface area (Å²) in [4.78, 5) is 0. The number of nitrogens with zero attached hydrogens (tertiary/aromatic N) is 1. The van der Waals surface area contributed by atoms with Crippen molar-refractivity contribution in [3.8, 4) is 0 Å². The van der Waals surface area contributed by atoms with Crippen LogP contribution in [0.4, 0.5) is 0 Å². The summed E-state index contributed by atoms with van der Waals surface area (Å²) >= 11 is 0. The van der Waals surface area contributed by atoms with E-state index in [2.05, 4.69) is 11.6 Å². The molecule has 5 nitrogen and oxygen atoms in total. The highest BCUT2D eigenvalue weighted by molar-refractivity contribution is 7.87. The van der Waals surface area contributed by atoms with Crippen LogP contribution in [0.1, 0.15) is 45.4 Å². The average molecular weight is 290 g/mol. The van der Waals surface area contributed by atoms with Crippen molar-refractivity contribution < 1.29 is 13.5 Å². The predicted octanol–water partition coefficient (Wildman–Crippen LogP) is 1.11. The number of piperidine rings is 1. The van der Waals surface area contributed by atoms with Crippen LogP contribution in [0.5, 0.6) is 0 Å². The van der Waals surface area contributed by atoms with Crippen molar-refractivity contribution >= 4 is 10.2 Å². The predicted molar refractivity (Wildman–Crippen MR) is 74.9 cm³/mol. The second-order valence-corrected chi connectivity index (χ2v) is 8.12. The van der Waals surface area contributed by atoms with Gasteiger partial charge in [0.1, 0.15) is 0 Å². The van der Waals surface area contributed by atoms with Crippen molar-refractivity contribution in [2.45, 2.75) is 45.4 Å². The monoisotopic (exact) mass is 290 g/mol. The zero-order valence-corrected chi connectivity index (χ0v) is 12.6. The van der Waals surface area contributed by atoms with E-state index in [4.69, 9.17) is 5.11 Å². The van der Waals surface area contributed by atoms with Gasteiger partial charge in [0.15, 0.2) is 0 Å². The third kappa shape index (κ3) is 3.90. The van der Waals surface area contributed by atoms with Crippen LogP contribution in [0.15, 0.2) is 0 Å². The Morgan fingerprint density at radius 1 is 1.26 bits per heavy atom. The van der Waals surface area contributed by atoms with E-state index in [1.54, 1.807) is 0 Å². The van der Waals surface area contributed by atoms with Crippen LogP contribution >= 0.6 is 0 Å². The third-order valence-corrected chi connectivity index (χ3v) is 6.22. The molecule has 1 saturated heterocycles. The summed E-state index contributed by atoms with van der Waals surface area (Å²) in [5, 5.41) is 9.08. The summed E-state index contributed by atoms with van der Waals surface area (Å²) < 4.78 is 28.8. The molecule has 0 bridgehead atoms. The third-order valence-electron chi connectivity index (χ3n) is 4.66. The van der Waals surface area contributed by atoms with Crippen molar-refractivity contribution in [2.24, 2.45) is 11.3 Å². The average Bonchev–Trinajstić information content (AvgIpc) is 2.84. The first kappa shape index (κ1) is 15.2. The molecule has 1 aliphatic heterocycles. The van der Waals surface area contributed by atoms with Gasteiger partial charge in [0.05, 0.1) is 0 Å². The molecule has 1 aliphatic carbocycles. The molecule has 2 N–H and O–H groups in total. The molecule has 2 rings (SSSR count). The lowest BCUT2D eigenvalue weighted by atomic mass is 9.89. The molecule has 0 amide bonds. The van der Waals surface area contributed by atoms with E-state index >= 15 is 0 Å². The fraction of sp³-hybridized carbons (Fsp3) is 1.00. The Morgan fingerprint density at radius 2 is 1.84 bits per heavy atom. The number of aliphatic hydroxyl groups is 1. The molecule has 112 valence electrons. The number of hydrogen-bond acceptors (Lipinski definition) is 3. The zero-order chi connectivity index (χ0) is 13.9. The Kier molecular flexibility index (Phi) is 4.87. The van der Waals surface area contributed by atoms with E-state index in [0.29, 0.717) is 19.6 Å². The molecule has 0 spiro atoms. The standard InChI is InChI=1S/C13H26N2O3S/c1-13(6-2-3-7-13)11-14-19(17,18)15-8-4-12(10-16)5-9-15/h12,14,16H,2-11H2,1H3. The number of rotatable bonds is 5. The largest absolute Gasteiger partial charge is 0.396 e. The Morgan fingerprint density at radius 3 is 2.37 bits per heavy atom. The van der Waals surface area contributed by atoms with Crippen LogP contribution in [0.2, 0.25) is 0 Å². The fourth-order valence-corrected chi connectivity index (χ4v) is 4.50. The smallest absolute Gasteiger partial charge is 0.279 e. The summed E-state index contributed by atoms with van der Waals surface area (Å²) in [6.45, 7) is 3.93. The minimum Gasteiger partial charge on any atom is -0.396 e. The SMILES string of the molecule is CC1(CNS(=O)(=O)N2CCC(CO)CC2)CCCC1. The highest BCUT2D eigenvalue weighted by Crippen LogP contribution is 2.36. The molecule has 6 heteroatoms. The molecule has 2 fully saturated rings. The highest BCUT2D eigenvalue weighted by Gasteiger charge is 2.32. The van der Waals surface area contributed by atoms with Gasteiger partial charge in [0.25, 0.3) is 10.2 Å². The van der Waals surface area contributed by atoms with Gasteiger partial charge in [0, 0.05) is 26.2 Å². The van der Waals surface area contributed by atoms with Gasteiger partial charge in [-0.15, -0.1) is 0 Å². The Hall–Kier alpha value is -0.170. The van der Waals surface area contributed by atoms with Crippen LogP contribution in [0, 0.1) is 11.3 Å². The minimum absolute atomic E-state index is 0.135. The first-order chi connectivity index (χ1) is 8.95. The van der Waals surface area contributed by atoms with Crippen LogP contribution < -0.4 is 4.72 Å². The maximum atomic E-state index is 12.2. The maximum Gasteiger partial charge on any atom is 0.279 e. The summed E-state index contributed by atoms with van der Waals surface area (Å²) in [5.41, 5.74) is 0.135. The van der Waals surface area contributed by atoms with E-state index in [1.165, 1.54) is 17.1 Å². The van der Waals surface area contributed by atoms with Crippen LogP contribution in [-0.2, 0) is 10.2 Å². The summed E-state index contributed by atoms with van der Waals surface area (Å²) in [6, 6.07) is 0. The second-order valence-electron chi connectivity index (χ2n) is 6.37. The molecule has 1 heterocycles. The topological polar surface area (TPSA) is 69.6 Å². The van der Waals surface area contributed by atoms with E-state index in [9.17, 15) is 8.42 Å². The van der Waals surface area contributed by atoms with Gasteiger partial charge in [-0.25, -0.2) is 4.72 Å². The molecular formula is C13H26N2O3S. The fourth-order valence-electron chi connectivity index (χ4n) is 3.09. The van der Waals surface area contributed by atoms with Crippen molar-refractivity contribution in [1.29, 1.82) is 0 Å². The van der Waals surface area contributed by atoms with Crippen molar-refractivity contribution in [3.63, 3.8) is 0 Å². The van der Waals surface area contributed by atoms with E-state index < -0.39 is 10.2 Å². The lowest BCUT2D eigenvalue weighted by Crippen LogP contribution is -2.47. The number of aliphatic hydroxyl groups excluding tert-OH is 1. The first-order valence-corrected chi connectivity index (χ1v) is 8.75. The molecule has 0 aromatic rings. The normalized spacial score (nSPS) is 25.8. The van der Waals surface area contributed by atoms with Gasteiger partial charge in [-0.1, -0.05) is 19.8 Å². The van der Waals surface area contributed by atoms with E-state index in [-0.39, 0.29) is 17.9 Å². The molecular weight excluding hydrogens is 264 g/mol. The summed E-state index contributed by atoms with van der Waals surface area (Å²) in [6.07, 6.45) is 6.16. The molecule has 0 radical (unpaired) electrons. The van der Waals surface area contributed by atoms with Crippen molar-refractivity contribution in [1.82, 2.24) is 9.03 Å². The van der Waals surface area contributed by atoms with Crippen LogP contribution in [0.25, 0.3) is 0 Å². The van der Waals surface area contributed by atoms with Crippen molar-refractivity contribution in [2.75, 3.05) is 26.2 Å². The molecule has 2 aliphatic rings.